The first-order chi connectivity index (χ1) is 8.13. The largest absolute Gasteiger partial charge is 0.351 e. The minimum absolute atomic E-state index is 0.0737. The molecule has 0 fully saturated rings. The summed E-state index contributed by atoms with van der Waals surface area (Å²) in [6, 6.07) is 9.53. The fraction of sp³-hybridized carbons (Fsp3) is 0.462. The highest BCUT2D eigenvalue weighted by atomic mass is 32.2. The molecule has 94 valence electrons. The van der Waals surface area contributed by atoms with Gasteiger partial charge in [-0.3, -0.25) is 4.79 Å². The van der Waals surface area contributed by atoms with Crippen molar-refractivity contribution in [3.63, 3.8) is 0 Å². The van der Waals surface area contributed by atoms with Gasteiger partial charge in [-0.25, -0.2) is 0 Å². The molecule has 0 aliphatic carbocycles. The molecule has 0 saturated carbocycles. The molecule has 0 heterocycles. The Morgan fingerprint density at radius 2 is 2.06 bits per heavy atom. The van der Waals surface area contributed by atoms with E-state index < -0.39 is 6.04 Å². The lowest BCUT2D eigenvalue weighted by Crippen LogP contribution is -2.46. The monoisotopic (exact) mass is 252 g/mol. The van der Waals surface area contributed by atoms with Gasteiger partial charge in [0.25, 0.3) is 0 Å². The Kier molecular flexibility index (Phi) is 6.08. The number of rotatable bonds is 6. The minimum atomic E-state index is -0.471. The van der Waals surface area contributed by atoms with E-state index >= 15 is 0 Å². The zero-order valence-electron chi connectivity index (χ0n) is 10.3. The van der Waals surface area contributed by atoms with Crippen LogP contribution >= 0.6 is 11.8 Å². The minimum Gasteiger partial charge on any atom is -0.351 e. The van der Waals surface area contributed by atoms with Crippen LogP contribution in [0.1, 0.15) is 12.5 Å². The highest BCUT2D eigenvalue weighted by Crippen LogP contribution is 2.03. The Morgan fingerprint density at radius 1 is 1.41 bits per heavy atom. The predicted octanol–water partition coefficient (Wildman–Crippen LogP) is 1.42. The normalized spacial score (nSPS) is 14.1. The zero-order valence-corrected chi connectivity index (χ0v) is 11.2. The molecule has 1 rings (SSSR count). The summed E-state index contributed by atoms with van der Waals surface area (Å²) < 4.78 is 0. The summed E-state index contributed by atoms with van der Waals surface area (Å²) in [7, 11) is 0. The number of thioether (sulfide) groups is 1. The Labute approximate surface area is 107 Å². The molecule has 0 spiro atoms. The highest BCUT2D eigenvalue weighted by molar-refractivity contribution is 7.98. The lowest BCUT2D eigenvalue weighted by atomic mass is 10.1. The maximum absolute atomic E-state index is 11.8. The van der Waals surface area contributed by atoms with E-state index in [1.165, 1.54) is 0 Å². The second kappa shape index (κ2) is 7.35. The van der Waals surface area contributed by atoms with Crippen molar-refractivity contribution in [1.29, 1.82) is 0 Å². The lowest BCUT2D eigenvalue weighted by molar-refractivity contribution is -0.122. The van der Waals surface area contributed by atoms with E-state index in [9.17, 15) is 4.79 Å². The van der Waals surface area contributed by atoms with E-state index in [1.54, 1.807) is 11.8 Å². The van der Waals surface area contributed by atoms with Gasteiger partial charge in [0.05, 0.1) is 6.04 Å². The highest BCUT2D eigenvalue weighted by Gasteiger charge is 2.15. The summed E-state index contributed by atoms with van der Waals surface area (Å²) in [6.45, 7) is 1.99. The van der Waals surface area contributed by atoms with Crippen molar-refractivity contribution in [3.8, 4) is 0 Å². The van der Waals surface area contributed by atoms with Crippen LogP contribution in [-0.2, 0) is 11.2 Å². The fourth-order valence-electron chi connectivity index (χ4n) is 1.60. The molecular weight excluding hydrogens is 232 g/mol. The van der Waals surface area contributed by atoms with Gasteiger partial charge in [0.2, 0.25) is 5.91 Å². The Balaban J connectivity index is 2.42. The van der Waals surface area contributed by atoms with Gasteiger partial charge in [-0.2, -0.15) is 11.8 Å². The molecule has 0 saturated heterocycles. The van der Waals surface area contributed by atoms with Crippen LogP contribution in [0, 0.1) is 0 Å². The van der Waals surface area contributed by atoms with E-state index in [0.29, 0.717) is 6.42 Å². The van der Waals surface area contributed by atoms with Crippen LogP contribution in [-0.4, -0.2) is 30.0 Å². The van der Waals surface area contributed by atoms with Gasteiger partial charge < -0.3 is 11.1 Å². The number of carbonyl (C=O) groups is 1. The van der Waals surface area contributed by atoms with Crippen molar-refractivity contribution in [2.75, 3.05) is 12.0 Å². The van der Waals surface area contributed by atoms with Gasteiger partial charge in [-0.05, 0) is 25.2 Å². The van der Waals surface area contributed by atoms with Gasteiger partial charge >= 0.3 is 0 Å². The van der Waals surface area contributed by atoms with Gasteiger partial charge in [0.15, 0.2) is 0 Å². The van der Waals surface area contributed by atoms with Crippen LogP contribution < -0.4 is 11.1 Å². The first-order valence-electron chi connectivity index (χ1n) is 5.72. The van der Waals surface area contributed by atoms with Crippen LogP contribution in [0.2, 0.25) is 0 Å². The first kappa shape index (κ1) is 14.1. The summed E-state index contributed by atoms with van der Waals surface area (Å²) in [4.78, 5) is 11.8. The number of nitrogens with two attached hydrogens (primary N) is 1. The van der Waals surface area contributed by atoms with Gasteiger partial charge in [-0.1, -0.05) is 30.3 Å². The van der Waals surface area contributed by atoms with E-state index in [0.717, 1.165) is 11.3 Å². The molecule has 2 atom stereocenters. The summed E-state index contributed by atoms with van der Waals surface area (Å²) in [5.41, 5.74) is 6.97. The number of hydrogen-bond acceptors (Lipinski definition) is 3. The van der Waals surface area contributed by atoms with Crippen molar-refractivity contribution in [3.05, 3.63) is 35.9 Å². The van der Waals surface area contributed by atoms with Crippen molar-refractivity contribution in [2.45, 2.75) is 25.4 Å². The lowest BCUT2D eigenvalue weighted by Gasteiger charge is -2.16. The maximum atomic E-state index is 11.8. The van der Waals surface area contributed by atoms with E-state index in [4.69, 9.17) is 5.73 Å². The molecular formula is C13H20N2OS. The molecule has 0 aliphatic rings. The summed E-state index contributed by atoms with van der Waals surface area (Å²) in [5, 5.41) is 2.92. The third-order valence-corrected chi connectivity index (χ3v) is 3.27. The quantitative estimate of drug-likeness (QED) is 0.805. The summed E-state index contributed by atoms with van der Waals surface area (Å²) >= 11 is 1.71. The molecule has 0 aromatic heterocycles. The third kappa shape index (κ3) is 5.24. The molecule has 3 nitrogen and oxygen atoms in total. The maximum Gasteiger partial charge on any atom is 0.237 e. The predicted molar refractivity (Wildman–Crippen MR) is 74.1 cm³/mol. The Bertz CT molecular complexity index is 343. The van der Waals surface area contributed by atoms with Gasteiger partial charge in [0, 0.05) is 11.8 Å². The second-order valence-corrected chi connectivity index (χ2v) is 5.07. The Hall–Kier alpha value is -1.00. The van der Waals surface area contributed by atoms with Crippen LogP contribution in [0.25, 0.3) is 0 Å². The van der Waals surface area contributed by atoms with Crippen LogP contribution in [0.4, 0.5) is 0 Å². The molecule has 0 radical (unpaired) electrons. The van der Waals surface area contributed by atoms with Crippen molar-refractivity contribution in [1.82, 2.24) is 5.32 Å². The van der Waals surface area contributed by atoms with Gasteiger partial charge in [-0.15, -0.1) is 0 Å². The van der Waals surface area contributed by atoms with E-state index in [-0.39, 0.29) is 11.9 Å². The summed E-state index contributed by atoms with van der Waals surface area (Å²) in [6.07, 6.45) is 2.60. The molecule has 3 N–H and O–H groups in total. The van der Waals surface area contributed by atoms with Crippen LogP contribution in [0.3, 0.4) is 0 Å². The fourth-order valence-corrected chi connectivity index (χ4v) is 2.19. The third-order valence-electron chi connectivity index (χ3n) is 2.44. The van der Waals surface area contributed by atoms with Crippen molar-refractivity contribution in [2.24, 2.45) is 5.73 Å². The first-order valence-corrected chi connectivity index (χ1v) is 7.11. The molecule has 1 amide bonds. The number of amides is 1. The second-order valence-electron chi connectivity index (χ2n) is 4.16. The van der Waals surface area contributed by atoms with Gasteiger partial charge in [0.1, 0.15) is 0 Å². The summed E-state index contributed by atoms with van der Waals surface area (Å²) in [5.74, 6) is 0.833. The number of nitrogens with one attached hydrogen (secondary N) is 1. The average Bonchev–Trinajstić information content (AvgIpc) is 2.30. The molecule has 0 aliphatic heterocycles. The molecule has 1 aromatic carbocycles. The number of carbonyl (C=O) groups excluding carboxylic acids is 1. The topological polar surface area (TPSA) is 55.1 Å². The van der Waals surface area contributed by atoms with Crippen LogP contribution in [0.15, 0.2) is 30.3 Å². The zero-order chi connectivity index (χ0) is 12.7. The SMILES string of the molecule is CSCC(C)NC(=O)[C@H](N)Cc1ccccc1. The number of hydrogen-bond donors (Lipinski definition) is 2. The average molecular weight is 252 g/mol. The number of benzene rings is 1. The molecule has 1 aromatic rings. The molecule has 0 bridgehead atoms. The Morgan fingerprint density at radius 3 is 2.65 bits per heavy atom. The van der Waals surface area contributed by atoms with Crippen LogP contribution in [0.5, 0.6) is 0 Å². The molecule has 1 unspecified atom stereocenters. The smallest absolute Gasteiger partial charge is 0.237 e. The standard InChI is InChI=1S/C13H20N2OS/c1-10(9-17-2)15-13(16)12(14)8-11-6-4-3-5-7-11/h3-7,10,12H,8-9,14H2,1-2H3,(H,15,16)/t10?,12-/m1/s1. The molecule has 4 heteroatoms. The van der Waals surface area contributed by atoms with Crippen molar-refractivity contribution < 1.29 is 4.79 Å². The van der Waals surface area contributed by atoms with E-state index in [1.807, 2.05) is 43.5 Å². The van der Waals surface area contributed by atoms with E-state index in [2.05, 4.69) is 5.32 Å². The molecule has 17 heavy (non-hydrogen) atoms. The van der Waals surface area contributed by atoms with Crippen molar-refractivity contribution >= 4 is 17.7 Å².